The third kappa shape index (κ3) is 6.87. The summed E-state index contributed by atoms with van der Waals surface area (Å²) in [5.74, 6) is 0.796. The fourth-order valence-corrected chi connectivity index (χ4v) is 2.83. The molecule has 7 heteroatoms. The molecule has 25 heavy (non-hydrogen) atoms. The Hall–Kier alpha value is -1.25. The number of aliphatic hydroxyl groups excluding tert-OH is 1. The summed E-state index contributed by atoms with van der Waals surface area (Å²) in [5.41, 5.74) is 1.08. The number of nitrogens with one attached hydrogen (secondary N) is 1. The highest BCUT2D eigenvalue weighted by atomic mass is 32.1. The molecule has 6 nitrogen and oxygen atoms in total. The van der Waals surface area contributed by atoms with Crippen LogP contribution in [0, 0.1) is 0 Å². The van der Waals surface area contributed by atoms with Crippen LogP contribution in [0.4, 0.5) is 0 Å². The van der Waals surface area contributed by atoms with Crippen molar-refractivity contribution in [1.29, 1.82) is 0 Å². The molecule has 0 aliphatic carbocycles. The van der Waals surface area contributed by atoms with E-state index in [9.17, 15) is 0 Å². The van der Waals surface area contributed by atoms with Gasteiger partial charge in [0, 0.05) is 20.6 Å². The van der Waals surface area contributed by atoms with Gasteiger partial charge >= 0.3 is 0 Å². The molecule has 0 radical (unpaired) electrons. The summed E-state index contributed by atoms with van der Waals surface area (Å²) < 4.78 is 16.8. The summed E-state index contributed by atoms with van der Waals surface area (Å²) in [7, 11) is 3.94. The fourth-order valence-electron chi connectivity index (χ4n) is 2.65. The maximum atomic E-state index is 8.65. The van der Waals surface area contributed by atoms with Crippen LogP contribution in [-0.2, 0) is 16.1 Å². The predicted molar refractivity (Wildman–Crippen MR) is 101 cm³/mol. The Balaban J connectivity index is 1.72. The zero-order valence-corrected chi connectivity index (χ0v) is 15.8. The van der Waals surface area contributed by atoms with E-state index in [4.69, 9.17) is 31.5 Å². The number of ether oxygens (including phenoxy) is 3. The van der Waals surface area contributed by atoms with Crippen LogP contribution < -0.4 is 10.1 Å². The van der Waals surface area contributed by atoms with E-state index in [1.165, 1.54) is 0 Å². The Morgan fingerprint density at radius 2 is 2.16 bits per heavy atom. The number of aliphatic hydroxyl groups is 1. The molecule has 0 unspecified atom stereocenters. The SMILES string of the molecule is CN(C)C(=S)[C@@H]1C[C@@H](OCc2cccc(OCCOCCO)c2)CN1. The van der Waals surface area contributed by atoms with Crippen LogP contribution in [0.15, 0.2) is 24.3 Å². The second-order valence-electron chi connectivity index (χ2n) is 6.19. The average molecular weight is 368 g/mol. The average Bonchev–Trinajstić information content (AvgIpc) is 3.08. The van der Waals surface area contributed by atoms with Gasteiger partial charge < -0.3 is 29.5 Å². The lowest BCUT2D eigenvalue weighted by atomic mass is 10.2. The van der Waals surface area contributed by atoms with E-state index in [2.05, 4.69) is 5.32 Å². The summed E-state index contributed by atoms with van der Waals surface area (Å²) in [4.78, 5) is 2.89. The maximum absolute atomic E-state index is 8.65. The third-order valence-electron chi connectivity index (χ3n) is 3.95. The van der Waals surface area contributed by atoms with Crippen molar-refractivity contribution >= 4 is 17.2 Å². The van der Waals surface area contributed by atoms with Crippen molar-refractivity contribution in [3.63, 3.8) is 0 Å². The number of benzene rings is 1. The minimum absolute atomic E-state index is 0.0307. The number of hydrogen-bond acceptors (Lipinski definition) is 6. The Labute approximate surface area is 155 Å². The second kappa shape index (κ2) is 10.7. The molecule has 1 heterocycles. The van der Waals surface area contributed by atoms with Crippen molar-refractivity contribution in [3.8, 4) is 5.75 Å². The smallest absolute Gasteiger partial charge is 0.119 e. The van der Waals surface area contributed by atoms with Crippen LogP contribution in [0.2, 0.25) is 0 Å². The summed E-state index contributed by atoms with van der Waals surface area (Å²) >= 11 is 5.42. The second-order valence-corrected chi connectivity index (χ2v) is 6.61. The van der Waals surface area contributed by atoms with Gasteiger partial charge in [0.05, 0.1) is 43.6 Å². The molecule has 2 atom stereocenters. The summed E-state index contributed by atoms with van der Waals surface area (Å²) in [6, 6.07) is 8.09. The standard InChI is InChI=1S/C18H28N2O4S/c1-20(2)18(25)17-11-16(12-19-17)24-13-14-4-3-5-15(10-14)23-9-8-22-7-6-21/h3-5,10,16-17,19,21H,6-9,11-13H2,1-2H3/t16-,17+/m1/s1. The van der Waals surface area contributed by atoms with Crippen molar-refractivity contribution in [3.05, 3.63) is 29.8 Å². The zero-order chi connectivity index (χ0) is 18.1. The first-order valence-electron chi connectivity index (χ1n) is 8.56. The Morgan fingerprint density at radius 3 is 2.92 bits per heavy atom. The zero-order valence-electron chi connectivity index (χ0n) is 14.9. The molecule has 1 aromatic carbocycles. The Kier molecular flexibility index (Phi) is 8.57. The van der Waals surface area contributed by atoms with Gasteiger partial charge in [0.15, 0.2) is 0 Å². The molecule has 0 aromatic heterocycles. The monoisotopic (exact) mass is 368 g/mol. The van der Waals surface area contributed by atoms with Gasteiger partial charge in [0.25, 0.3) is 0 Å². The fraction of sp³-hybridized carbons (Fsp3) is 0.611. The van der Waals surface area contributed by atoms with Crippen LogP contribution in [0.5, 0.6) is 5.75 Å². The Bertz CT molecular complexity index is 542. The lowest BCUT2D eigenvalue weighted by Gasteiger charge is -2.19. The molecule has 1 aliphatic heterocycles. The van der Waals surface area contributed by atoms with Gasteiger partial charge in [-0.1, -0.05) is 24.4 Å². The largest absolute Gasteiger partial charge is 0.491 e. The predicted octanol–water partition coefficient (Wildman–Crippen LogP) is 1.21. The van der Waals surface area contributed by atoms with Gasteiger partial charge in [-0.2, -0.15) is 0 Å². The van der Waals surface area contributed by atoms with Crippen molar-refractivity contribution < 1.29 is 19.3 Å². The summed E-state index contributed by atoms with van der Waals surface area (Å²) in [5, 5.41) is 12.1. The summed E-state index contributed by atoms with van der Waals surface area (Å²) in [6.07, 6.45) is 1.06. The van der Waals surface area contributed by atoms with E-state index in [-0.39, 0.29) is 18.8 Å². The quantitative estimate of drug-likeness (QED) is 0.475. The molecule has 0 spiro atoms. The lowest BCUT2D eigenvalue weighted by molar-refractivity contribution is 0.0531. The first-order chi connectivity index (χ1) is 12.1. The first kappa shape index (κ1) is 20.1. The van der Waals surface area contributed by atoms with E-state index in [1.54, 1.807) is 0 Å². The van der Waals surface area contributed by atoms with Crippen molar-refractivity contribution in [1.82, 2.24) is 10.2 Å². The topological polar surface area (TPSA) is 63.2 Å². The van der Waals surface area contributed by atoms with E-state index in [0.29, 0.717) is 26.4 Å². The van der Waals surface area contributed by atoms with Gasteiger partial charge in [0.2, 0.25) is 0 Å². The maximum Gasteiger partial charge on any atom is 0.119 e. The molecule has 0 bridgehead atoms. The molecule has 1 fully saturated rings. The molecule has 2 rings (SSSR count). The molecule has 2 N–H and O–H groups in total. The van der Waals surface area contributed by atoms with E-state index < -0.39 is 0 Å². The van der Waals surface area contributed by atoms with E-state index in [1.807, 2.05) is 43.3 Å². The van der Waals surface area contributed by atoms with Crippen molar-refractivity contribution in [2.75, 3.05) is 47.1 Å². The molecule has 1 aliphatic rings. The normalized spacial score (nSPS) is 19.8. The van der Waals surface area contributed by atoms with Crippen LogP contribution in [0.3, 0.4) is 0 Å². The summed E-state index contributed by atoms with van der Waals surface area (Å²) in [6.45, 7) is 2.65. The number of rotatable bonds is 10. The highest BCUT2D eigenvalue weighted by Crippen LogP contribution is 2.18. The third-order valence-corrected chi connectivity index (χ3v) is 4.60. The van der Waals surface area contributed by atoms with Crippen LogP contribution in [0.1, 0.15) is 12.0 Å². The molecule has 0 amide bonds. The number of likely N-dealkylation sites (N-methyl/N-ethyl adjacent to an activating group) is 1. The van der Waals surface area contributed by atoms with Gasteiger partial charge in [-0.3, -0.25) is 0 Å². The van der Waals surface area contributed by atoms with Crippen LogP contribution in [0.25, 0.3) is 0 Å². The molecule has 1 aromatic rings. The van der Waals surface area contributed by atoms with E-state index in [0.717, 1.165) is 29.3 Å². The van der Waals surface area contributed by atoms with Gasteiger partial charge in [-0.25, -0.2) is 0 Å². The number of nitrogens with zero attached hydrogens (tertiary/aromatic N) is 1. The highest BCUT2D eigenvalue weighted by Gasteiger charge is 2.28. The minimum Gasteiger partial charge on any atom is -0.491 e. The molecule has 0 saturated carbocycles. The number of hydrogen-bond donors (Lipinski definition) is 2. The molecular formula is C18H28N2O4S. The Morgan fingerprint density at radius 1 is 1.32 bits per heavy atom. The van der Waals surface area contributed by atoms with Gasteiger partial charge in [-0.15, -0.1) is 0 Å². The van der Waals surface area contributed by atoms with Gasteiger partial charge in [-0.05, 0) is 24.1 Å². The first-order valence-corrected chi connectivity index (χ1v) is 8.97. The molecule has 1 saturated heterocycles. The lowest BCUT2D eigenvalue weighted by Crippen LogP contribution is -2.38. The van der Waals surface area contributed by atoms with Crippen LogP contribution >= 0.6 is 12.2 Å². The minimum atomic E-state index is 0.0307. The number of thiocarbonyl (C=S) groups is 1. The van der Waals surface area contributed by atoms with Crippen molar-refractivity contribution in [2.24, 2.45) is 0 Å². The van der Waals surface area contributed by atoms with Crippen molar-refractivity contribution in [2.45, 2.75) is 25.2 Å². The van der Waals surface area contributed by atoms with E-state index >= 15 is 0 Å². The van der Waals surface area contributed by atoms with Crippen LogP contribution in [-0.4, -0.2) is 74.2 Å². The van der Waals surface area contributed by atoms with Gasteiger partial charge in [0.1, 0.15) is 12.4 Å². The molecule has 140 valence electrons. The molecular weight excluding hydrogens is 340 g/mol. The highest BCUT2D eigenvalue weighted by molar-refractivity contribution is 7.80.